The van der Waals surface area contributed by atoms with Gasteiger partial charge in [0.1, 0.15) is 18.0 Å². The monoisotopic (exact) mass is 144 g/mol. The molecule has 1 N–H and O–H groups in total. The Labute approximate surface area is 60.2 Å². The summed E-state index contributed by atoms with van der Waals surface area (Å²) in [6, 6.07) is 0. The average molecular weight is 144 g/mol. The van der Waals surface area contributed by atoms with Crippen LogP contribution in [0.4, 0.5) is 0 Å². The van der Waals surface area contributed by atoms with Gasteiger partial charge in [-0.05, 0) is 20.8 Å². The van der Waals surface area contributed by atoms with Crippen LogP contribution in [0.5, 0.6) is 0 Å². The topological polar surface area (TPSA) is 54.2 Å². The zero-order valence-electron chi connectivity index (χ0n) is 6.46. The summed E-state index contributed by atoms with van der Waals surface area (Å²) in [5, 5.41) is 14.8. The second-order valence-electron chi connectivity index (χ2n) is 1.78. The van der Waals surface area contributed by atoms with E-state index in [1.54, 1.807) is 13.8 Å². The van der Waals surface area contributed by atoms with Crippen LogP contribution in [0.25, 0.3) is 0 Å². The number of hydrogen-bond donors (Lipinski definition) is 1. The summed E-state index contributed by atoms with van der Waals surface area (Å²) in [5.41, 5.74) is 1.05. The van der Waals surface area contributed by atoms with E-state index in [1.807, 2.05) is 6.92 Å². The molecule has 0 aliphatic carbocycles. The van der Waals surface area contributed by atoms with Gasteiger partial charge in [-0.25, -0.2) is 0 Å². The van der Waals surface area contributed by atoms with Gasteiger partial charge in [0.2, 0.25) is 0 Å². The van der Waals surface area contributed by atoms with Crippen molar-refractivity contribution in [3.63, 3.8) is 0 Å². The molecule has 0 saturated heterocycles. The van der Waals surface area contributed by atoms with Crippen LogP contribution >= 0.6 is 0 Å². The molecule has 0 aromatic rings. The van der Waals surface area contributed by atoms with Gasteiger partial charge in [0.25, 0.3) is 0 Å². The van der Waals surface area contributed by atoms with Gasteiger partial charge >= 0.3 is 0 Å². The molecule has 0 amide bonds. The number of rotatable bonds is 3. The first-order chi connectivity index (χ1) is 4.72. The lowest BCUT2D eigenvalue weighted by atomic mass is 10.3. The molecule has 58 valence electrons. The summed E-state index contributed by atoms with van der Waals surface area (Å²) in [6.07, 6.45) is 0. The maximum Gasteiger partial charge on any atom is 0.114 e. The van der Waals surface area contributed by atoms with E-state index >= 15 is 0 Å². The van der Waals surface area contributed by atoms with E-state index in [0.29, 0.717) is 18.0 Å². The van der Waals surface area contributed by atoms with Gasteiger partial charge < -0.3 is 10.0 Å². The molecular formula is C6H12N2O2. The molecule has 0 atom stereocenters. The SMILES string of the molecule is CCO/N=C(C)/C(C)=N\O. The van der Waals surface area contributed by atoms with Crippen molar-refractivity contribution in [2.45, 2.75) is 20.8 Å². The first-order valence-corrected chi connectivity index (χ1v) is 3.08. The highest BCUT2D eigenvalue weighted by molar-refractivity contribution is 6.40. The predicted octanol–water partition coefficient (Wildman–Crippen LogP) is 1.25. The number of nitrogens with zero attached hydrogens (tertiary/aromatic N) is 2. The molecule has 0 saturated carbocycles. The lowest BCUT2D eigenvalue weighted by molar-refractivity contribution is 0.159. The van der Waals surface area contributed by atoms with Gasteiger partial charge in [-0.2, -0.15) is 0 Å². The first-order valence-electron chi connectivity index (χ1n) is 3.08. The van der Waals surface area contributed by atoms with E-state index in [0.717, 1.165) is 0 Å². The van der Waals surface area contributed by atoms with E-state index in [2.05, 4.69) is 10.3 Å². The normalized spacial score (nSPS) is 13.5. The maximum absolute atomic E-state index is 8.26. The minimum atomic E-state index is 0.466. The molecule has 4 heteroatoms. The zero-order chi connectivity index (χ0) is 7.98. The lowest BCUT2D eigenvalue weighted by Crippen LogP contribution is -2.05. The molecule has 0 heterocycles. The van der Waals surface area contributed by atoms with E-state index in [-0.39, 0.29) is 0 Å². The molecule has 0 rings (SSSR count). The molecule has 0 unspecified atom stereocenters. The molecule has 0 aromatic carbocycles. The summed E-state index contributed by atoms with van der Waals surface area (Å²) in [5.74, 6) is 0. The molecule has 10 heavy (non-hydrogen) atoms. The average Bonchev–Trinajstić information content (AvgIpc) is 1.98. The van der Waals surface area contributed by atoms with Crippen LogP contribution in [0.3, 0.4) is 0 Å². The van der Waals surface area contributed by atoms with E-state index in [9.17, 15) is 0 Å². The molecule has 0 bridgehead atoms. The maximum atomic E-state index is 8.26. The highest BCUT2D eigenvalue weighted by atomic mass is 16.6. The molecular weight excluding hydrogens is 132 g/mol. The van der Waals surface area contributed by atoms with E-state index in [4.69, 9.17) is 10.0 Å². The minimum absolute atomic E-state index is 0.466. The molecule has 0 aromatic heterocycles. The Bertz CT molecular complexity index is 152. The van der Waals surface area contributed by atoms with Crippen LogP contribution in [0.2, 0.25) is 0 Å². The molecule has 4 nitrogen and oxygen atoms in total. The Hall–Kier alpha value is -1.06. The molecule has 0 radical (unpaired) electrons. The lowest BCUT2D eigenvalue weighted by Gasteiger charge is -1.95. The Kier molecular flexibility index (Phi) is 4.28. The third-order valence-corrected chi connectivity index (χ3v) is 1.00. The largest absolute Gasteiger partial charge is 0.411 e. The number of oxime groups is 2. The van der Waals surface area contributed by atoms with Crippen molar-refractivity contribution in [2.24, 2.45) is 10.3 Å². The standard InChI is InChI=1S/C6H12N2O2/c1-4-10-8-6(3)5(2)7-9/h9H,4H2,1-3H3/b7-5-,8-6+. The van der Waals surface area contributed by atoms with Crippen molar-refractivity contribution < 1.29 is 10.0 Å². The summed E-state index contributed by atoms with van der Waals surface area (Å²) in [7, 11) is 0. The van der Waals surface area contributed by atoms with Crippen LogP contribution in [0, 0.1) is 0 Å². The third kappa shape index (κ3) is 3.06. The van der Waals surface area contributed by atoms with E-state index < -0.39 is 0 Å². The number of hydrogen-bond acceptors (Lipinski definition) is 4. The summed E-state index contributed by atoms with van der Waals surface area (Å²) >= 11 is 0. The predicted molar refractivity (Wildman–Crippen MR) is 39.6 cm³/mol. The molecule has 0 fully saturated rings. The van der Waals surface area contributed by atoms with Crippen LogP contribution in [0.15, 0.2) is 10.3 Å². The second kappa shape index (κ2) is 4.78. The molecule has 0 spiro atoms. The fraction of sp³-hybridized carbons (Fsp3) is 0.667. The van der Waals surface area contributed by atoms with E-state index in [1.165, 1.54) is 0 Å². The minimum Gasteiger partial charge on any atom is -0.411 e. The quantitative estimate of drug-likeness (QED) is 0.368. The van der Waals surface area contributed by atoms with Crippen LogP contribution in [-0.4, -0.2) is 23.2 Å². The van der Waals surface area contributed by atoms with Crippen LogP contribution in [-0.2, 0) is 4.84 Å². The fourth-order valence-corrected chi connectivity index (χ4v) is 0.300. The molecule has 0 aliphatic heterocycles. The van der Waals surface area contributed by atoms with Gasteiger partial charge in [-0.15, -0.1) is 0 Å². The van der Waals surface area contributed by atoms with Crippen LogP contribution in [0.1, 0.15) is 20.8 Å². The van der Waals surface area contributed by atoms with Gasteiger partial charge in [-0.3, -0.25) is 0 Å². The van der Waals surface area contributed by atoms with Crippen molar-refractivity contribution in [3.8, 4) is 0 Å². The smallest absolute Gasteiger partial charge is 0.114 e. The fourth-order valence-electron chi connectivity index (χ4n) is 0.300. The highest BCUT2D eigenvalue weighted by Gasteiger charge is 1.95. The van der Waals surface area contributed by atoms with Crippen molar-refractivity contribution in [2.75, 3.05) is 6.61 Å². The third-order valence-electron chi connectivity index (χ3n) is 1.00. The summed E-state index contributed by atoms with van der Waals surface area (Å²) in [6.45, 7) is 5.72. The van der Waals surface area contributed by atoms with Gasteiger partial charge in [0.05, 0.1) is 0 Å². The summed E-state index contributed by atoms with van der Waals surface area (Å²) < 4.78 is 0. The van der Waals surface area contributed by atoms with Gasteiger partial charge in [-0.1, -0.05) is 10.3 Å². The summed E-state index contributed by atoms with van der Waals surface area (Å²) in [4.78, 5) is 4.71. The van der Waals surface area contributed by atoms with Gasteiger partial charge in [0.15, 0.2) is 0 Å². The van der Waals surface area contributed by atoms with Crippen LogP contribution < -0.4 is 0 Å². The Balaban J connectivity index is 3.93. The second-order valence-corrected chi connectivity index (χ2v) is 1.78. The zero-order valence-corrected chi connectivity index (χ0v) is 6.46. The van der Waals surface area contributed by atoms with Gasteiger partial charge in [0, 0.05) is 0 Å². The van der Waals surface area contributed by atoms with Crippen molar-refractivity contribution in [3.05, 3.63) is 0 Å². The van der Waals surface area contributed by atoms with Crippen molar-refractivity contribution in [1.29, 1.82) is 0 Å². The highest BCUT2D eigenvalue weighted by Crippen LogP contribution is 1.84. The van der Waals surface area contributed by atoms with Crippen molar-refractivity contribution >= 4 is 11.4 Å². The Morgan fingerprint density at radius 1 is 1.40 bits per heavy atom. The Morgan fingerprint density at radius 2 is 2.00 bits per heavy atom. The first kappa shape index (κ1) is 8.94. The van der Waals surface area contributed by atoms with Crippen molar-refractivity contribution in [1.82, 2.24) is 0 Å². The Morgan fingerprint density at radius 3 is 2.40 bits per heavy atom. The molecule has 0 aliphatic rings.